The number of furan rings is 1. The molecule has 40 heavy (non-hydrogen) atoms. The number of halogens is 1. The summed E-state index contributed by atoms with van der Waals surface area (Å²) in [6, 6.07) is 8.76. The van der Waals surface area contributed by atoms with Crippen molar-refractivity contribution in [3.05, 3.63) is 81.5 Å². The molecular formula is C28H27FN4O5S2. The molecule has 4 N–H and O–H groups in total. The summed E-state index contributed by atoms with van der Waals surface area (Å²) < 4.78 is 23.7. The summed E-state index contributed by atoms with van der Waals surface area (Å²) >= 11 is 2.42. The van der Waals surface area contributed by atoms with Crippen LogP contribution in [0.1, 0.15) is 45.8 Å². The highest BCUT2D eigenvalue weighted by molar-refractivity contribution is 8.16. The SMILES string of the molecule is COC(=O)c1c(NC(=O)C2SC(=NCc3ccco3)C(C(=O)Nc3ccc(F)cc3)=C2N)sc2c1CCCCC2. The van der Waals surface area contributed by atoms with Crippen LogP contribution in [-0.2, 0) is 33.7 Å². The fourth-order valence-corrected chi connectivity index (χ4v) is 7.02. The van der Waals surface area contributed by atoms with Gasteiger partial charge in [-0.3, -0.25) is 14.6 Å². The molecule has 1 atom stereocenters. The Balaban J connectivity index is 1.44. The number of aliphatic imine (C=N–C) groups is 1. The zero-order chi connectivity index (χ0) is 28.2. The van der Waals surface area contributed by atoms with Gasteiger partial charge in [0, 0.05) is 16.3 Å². The van der Waals surface area contributed by atoms with Gasteiger partial charge in [0.1, 0.15) is 26.9 Å². The van der Waals surface area contributed by atoms with Crippen LogP contribution < -0.4 is 16.4 Å². The first-order chi connectivity index (χ1) is 19.4. The molecule has 1 aliphatic carbocycles. The quantitative estimate of drug-likeness (QED) is 0.262. The predicted molar refractivity (Wildman–Crippen MR) is 153 cm³/mol. The second-order valence-electron chi connectivity index (χ2n) is 9.24. The highest BCUT2D eigenvalue weighted by atomic mass is 32.2. The number of rotatable bonds is 7. The van der Waals surface area contributed by atoms with Gasteiger partial charge in [0.25, 0.3) is 5.91 Å². The van der Waals surface area contributed by atoms with Gasteiger partial charge >= 0.3 is 5.97 Å². The molecule has 0 spiro atoms. The van der Waals surface area contributed by atoms with E-state index in [1.54, 1.807) is 12.1 Å². The molecule has 2 amide bonds. The Hall–Kier alpha value is -3.90. The molecule has 3 heterocycles. The number of carbonyl (C=O) groups excluding carboxylic acids is 3. The lowest BCUT2D eigenvalue weighted by molar-refractivity contribution is -0.115. The van der Waals surface area contributed by atoms with E-state index in [4.69, 9.17) is 14.9 Å². The second-order valence-corrected chi connectivity index (χ2v) is 11.4. The normalized spacial score (nSPS) is 17.9. The standard InChI is InChI=1S/C28H27FN4O5S2/c1-37-28(36)20-18-7-3-2-4-8-19(18)39-27(20)33-25(35)23-22(30)21(24(34)32-16-11-9-15(29)10-12-16)26(40-23)31-14-17-6-5-13-38-17/h5-6,9-13,23H,2-4,7-8,14,30H2,1H3,(H,32,34)(H,33,35). The zero-order valence-electron chi connectivity index (χ0n) is 21.6. The van der Waals surface area contributed by atoms with Gasteiger partial charge in [0.15, 0.2) is 0 Å². The first kappa shape index (κ1) is 27.7. The Labute approximate surface area is 238 Å². The first-order valence-corrected chi connectivity index (χ1v) is 14.4. The Morgan fingerprint density at radius 3 is 2.62 bits per heavy atom. The van der Waals surface area contributed by atoms with E-state index in [9.17, 15) is 18.8 Å². The number of nitrogens with two attached hydrogens (primary N) is 1. The molecular weight excluding hydrogens is 555 g/mol. The molecule has 1 aliphatic heterocycles. The fraction of sp³-hybridized carbons (Fsp3) is 0.286. The molecule has 12 heteroatoms. The van der Waals surface area contributed by atoms with Crippen molar-refractivity contribution >= 4 is 56.6 Å². The van der Waals surface area contributed by atoms with Gasteiger partial charge in [-0.05, 0) is 67.6 Å². The Morgan fingerprint density at radius 2 is 1.90 bits per heavy atom. The van der Waals surface area contributed by atoms with Crippen LogP contribution in [-0.4, -0.2) is 35.2 Å². The van der Waals surface area contributed by atoms with Crippen molar-refractivity contribution < 1.29 is 27.9 Å². The molecule has 0 saturated carbocycles. The van der Waals surface area contributed by atoms with Crippen molar-refractivity contribution in [1.82, 2.24) is 0 Å². The summed E-state index contributed by atoms with van der Waals surface area (Å²) in [6.07, 6.45) is 6.13. The van der Waals surface area contributed by atoms with Gasteiger partial charge in [-0.25, -0.2) is 9.18 Å². The molecule has 0 radical (unpaired) electrons. The molecule has 5 rings (SSSR count). The lowest BCUT2D eigenvalue weighted by atomic mass is 10.1. The van der Waals surface area contributed by atoms with Crippen LogP contribution in [0.25, 0.3) is 0 Å². The van der Waals surface area contributed by atoms with Crippen LogP contribution in [0.2, 0.25) is 0 Å². The van der Waals surface area contributed by atoms with Crippen LogP contribution in [0.15, 0.2) is 63.3 Å². The number of carbonyl (C=O) groups is 3. The van der Waals surface area contributed by atoms with E-state index in [0.717, 1.165) is 54.3 Å². The maximum Gasteiger partial charge on any atom is 0.341 e. The van der Waals surface area contributed by atoms with Crippen LogP contribution in [0, 0.1) is 5.82 Å². The molecule has 0 fully saturated rings. The fourth-order valence-electron chi connectivity index (χ4n) is 4.63. The average molecular weight is 583 g/mol. The molecule has 9 nitrogen and oxygen atoms in total. The number of hydrogen-bond donors (Lipinski definition) is 3. The zero-order valence-corrected chi connectivity index (χ0v) is 23.3. The summed E-state index contributed by atoms with van der Waals surface area (Å²) in [5.74, 6) is -1.44. The number of methoxy groups -OCH3 is 1. The van der Waals surface area contributed by atoms with E-state index in [1.807, 2.05) is 0 Å². The van der Waals surface area contributed by atoms with Crippen LogP contribution in [0.4, 0.5) is 15.1 Å². The molecule has 0 bridgehead atoms. The number of ether oxygens (including phenoxy) is 1. The number of hydrogen-bond acceptors (Lipinski definition) is 9. The molecule has 1 aromatic carbocycles. The molecule has 3 aromatic rings. The van der Waals surface area contributed by atoms with Crippen LogP contribution in [0.5, 0.6) is 0 Å². The molecule has 2 aromatic heterocycles. The van der Waals surface area contributed by atoms with Gasteiger partial charge in [0.2, 0.25) is 5.91 Å². The topological polar surface area (TPSA) is 136 Å². The smallest absolute Gasteiger partial charge is 0.341 e. The third kappa shape index (κ3) is 5.82. The average Bonchev–Trinajstić information content (AvgIpc) is 3.62. The number of fused-ring (bicyclic) bond motifs is 1. The van der Waals surface area contributed by atoms with Crippen molar-refractivity contribution in [3.8, 4) is 0 Å². The Bertz CT molecular complexity index is 1500. The summed E-state index contributed by atoms with van der Waals surface area (Å²) in [4.78, 5) is 45.2. The lowest BCUT2D eigenvalue weighted by Gasteiger charge is -2.12. The highest BCUT2D eigenvalue weighted by Gasteiger charge is 2.39. The summed E-state index contributed by atoms with van der Waals surface area (Å²) in [7, 11) is 1.32. The van der Waals surface area contributed by atoms with Crippen LogP contribution in [0.3, 0.4) is 0 Å². The van der Waals surface area contributed by atoms with Gasteiger partial charge in [0.05, 0.1) is 31.1 Å². The molecule has 2 aliphatic rings. The van der Waals surface area contributed by atoms with Crippen molar-refractivity contribution in [1.29, 1.82) is 0 Å². The Kier molecular flexibility index (Phi) is 8.36. The number of aryl methyl sites for hydroxylation is 1. The van der Waals surface area contributed by atoms with E-state index >= 15 is 0 Å². The van der Waals surface area contributed by atoms with E-state index in [0.29, 0.717) is 22.0 Å². The maximum atomic E-state index is 13.6. The molecule has 208 valence electrons. The van der Waals surface area contributed by atoms with Gasteiger partial charge in [-0.2, -0.15) is 0 Å². The minimum Gasteiger partial charge on any atom is -0.467 e. The van der Waals surface area contributed by atoms with Gasteiger partial charge < -0.3 is 25.5 Å². The van der Waals surface area contributed by atoms with E-state index in [1.165, 1.54) is 49.0 Å². The van der Waals surface area contributed by atoms with E-state index in [2.05, 4.69) is 15.6 Å². The summed E-state index contributed by atoms with van der Waals surface area (Å²) in [5, 5.41) is 5.28. The number of benzene rings is 1. The van der Waals surface area contributed by atoms with E-state index in [-0.39, 0.29) is 22.9 Å². The highest BCUT2D eigenvalue weighted by Crippen LogP contribution is 2.40. The number of nitrogens with one attached hydrogen (secondary N) is 2. The van der Waals surface area contributed by atoms with Gasteiger partial charge in [-0.1, -0.05) is 18.2 Å². The van der Waals surface area contributed by atoms with E-state index < -0.39 is 28.9 Å². The number of esters is 1. The second kappa shape index (κ2) is 12.1. The maximum absolute atomic E-state index is 13.6. The number of thiophene rings is 1. The van der Waals surface area contributed by atoms with Crippen molar-refractivity contribution in [2.75, 3.05) is 17.7 Å². The largest absolute Gasteiger partial charge is 0.467 e. The third-order valence-electron chi connectivity index (χ3n) is 6.59. The van der Waals surface area contributed by atoms with Crippen LogP contribution >= 0.6 is 23.1 Å². The number of thioether (sulfide) groups is 1. The predicted octanol–water partition coefficient (Wildman–Crippen LogP) is 5.04. The van der Waals surface area contributed by atoms with Crippen molar-refractivity contribution in [3.63, 3.8) is 0 Å². The number of nitrogens with zero attached hydrogens (tertiary/aromatic N) is 1. The number of amides is 2. The van der Waals surface area contributed by atoms with Gasteiger partial charge in [-0.15, -0.1) is 11.3 Å². The summed E-state index contributed by atoms with van der Waals surface area (Å²) in [6.45, 7) is 0.133. The summed E-state index contributed by atoms with van der Waals surface area (Å²) in [5.41, 5.74) is 8.16. The minimum atomic E-state index is -0.975. The molecule has 1 unspecified atom stereocenters. The van der Waals surface area contributed by atoms with Crippen molar-refractivity contribution in [2.24, 2.45) is 10.7 Å². The third-order valence-corrected chi connectivity index (χ3v) is 9.06. The lowest BCUT2D eigenvalue weighted by Crippen LogP contribution is -2.29. The monoisotopic (exact) mass is 582 g/mol. The Morgan fingerprint density at radius 1 is 1.12 bits per heavy atom. The minimum absolute atomic E-state index is 0.0260. The first-order valence-electron chi connectivity index (χ1n) is 12.7. The van der Waals surface area contributed by atoms with Crippen molar-refractivity contribution in [2.45, 2.75) is 43.9 Å². The molecule has 0 saturated heterocycles. The number of anilines is 2.